The van der Waals surface area contributed by atoms with Gasteiger partial charge in [0.05, 0.1) is 14.2 Å². The maximum absolute atomic E-state index is 13.1. The molecule has 0 spiro atoms. The van der Waals surface area contributed by atoms with Gasteiger partial charge in [0.15, 0.2) is 0 Å². The van der Waals surface area contributed by atoms with Crippen molar-refractivity contribution in [3.05, 3.63) is 41.5 Å². The molecule has 156 valence electrons. The van der Waals surface area contributed by atoms with Crippen molar-refractivity contribution >= 4 is 5.91 Å². The van der Waals surface area contributed by atoms with E-state index in [2.05, 4.69) is 14.5 Å². The van der Waals surface area contributed by atoms with E-state index >= 15 is 0 Å². The molecule has 1 saturated heterocycles. The van der Waals surface area contributed by atoms with Crippen LogP contribution in [0, 0.1) is 12.8 Å². The van der Waals surface area contributed by atoms with E-state index in [0.717, 1.165) is 75.0 Å². The lowest BCUT2D eigenvalue weighted by atomic mass is 9.94. The molecule has 3 heterocycles. The molecular formula is C22H30N4O3. The smallest absolute Gasteiger partial charge is 0.226 e. The van der Waals surface area contributed by atoms with Gasteiger partial charge in [0.25, 0.3) is 0 Å². The van der Waals surface area contributed by atoms with Gasteiger partial charge in [-0.25, -0.2) is 4.98 Å². The molecule has 2 aromatic rings. The SMILES string of the molecule is COc1ccc(OC)c(CN2CCN(C(=O)C3CCn4c(cnc4C)C3)CC2)c1. The maximum atomic E-state index is 13.1. The van der Waals surface area contributed by atoms with Gasteiger partial charge in [0.2, 0.25) is 5.91 Å². The summed E-state index contributed by atoms with van der Waals surface area (Å²) in [6.07, 6.45) is 3.64. The summed E-state index contributed by atoms with van der Waals surface area (Å²) in [7, 11) is 3.37. The number of ether oxygens (including phenoxy) is 2. The number of carbonyl (C=O) groups is 1. The number of methoxy groups -OCH3 is 2. The standard InChI is InChI=1S/C22H30N4O3/c1-16-23-14-19-12-17(6-7-26(16)19)22(27)25-10-8-24(9-11-25)15-18-13-20(28-2)4-5-21(18)29-3/h4-5,13-14,17H,6-12,15H2,1-3H3. The van der Waals surface area contributed by atoms with Crippen LogP contribution < -0.4 is 9.47 Å². The molecule has 0 N–H and O–H groups in total. The molecule has 1 atom stereocenters. The Morgan fingerprint density at radius 1 is 1.14 bits per heavy atom. The Hall–Kier alpha value is -2.54. The maximum Gasteiger partial charge on any atom is 0.226 e. The molecule has 2 aliphatic heterocycles. The van der Waals surface area contributed by atoms with Crippen molar-refractivity contribution in [1.82, 2.24) is 19.4 Å². The number of amides is 1. The first kappa shape index (κ1) is 19.8. The van der Waals surface area contributed by atoms with Crippen LogP contribution in [-0.2, 0) is 24.3 Å². The van der Waals surface area contributed by atoms with Crippen LogP contribution in [0.3, 0.4) is 0 Å². The number of hydrogen-bond donors (Lipinski definition) is 0. The zero-order valence-electron chi connectivity index (χ0n) is 17.6. The van der Waals surface area contributed by atoms with E-state index in [1.54, 1.807) is 14.2 Å². The minimum atomic E-state index is 0.0867. The van der Waals surface area contributed by atoms with E-state index in [4.69, 9.17) is 9.47 Å². The predicted octanol–water partition coefficient (Wildman–Crippen LogP) is 2.12. The van der Waals surface area contributed by atoms with Gasteiger partial charge in [-0.05, 0) is 31.5 Å². The van der Waals surface area contributed by atoms with Crippen LogP contribution in [0.25, 0.3) is 0 Å². The number of hydrogen-bond acceptors (Lipinski definition) is 5. The van der Waals surface area contributed by atoms with E-state index in [0.29, 0.717) is 5.91 Å². The summed E-state index contributed by atoms with van der Waals surface area (Å²) < 4.78 is 13.1. The molecule has 1 aromatic carbocycles. The van der Waals surface area contributed by atoms with Crippen molar-refractivity contribution in [3.8, 4) is 11.5 Å². The van der Waals surface area contributed by atoms with E-state index in [1.165, 1.54) is 5.69 Å². The molecule has 1 fully saturated rings. The molecule has 0 bridgehead atoms. The van der Waals surface area contributed by atoms with Crippen molar-refractivity contribution in [3.63, 3.8) is 0 Å². The number of rotatable bonds is 5. The summed E-state index contributed by atoms with van der Waals surface area (Å²) in [5, 5.41) is 0. The molecular weight excluding hydrogens is 368 g/mol. The topological polar surface area (TPSA) is 59.8 Å². The normalized spacial score (nSPS) is 19.7. The van der Waals surface area contributed by atoms with Crippen LogP contribution in [0.5, 0.6) is 11.5 Å². The third kappa shape index (κ3) is 4.10. The number of benzene rings is 1. The quantitative estimate of drug-likeness (QED) is 0.772. The van der Waals surface area contributed by atoms with Crippen molar-refractivity contribution < 1.29 is 14.3 Å². The molecule has 1 amide bonds. The molecule has 1 aromatic heterocycles. The Morgan fingerprint density at radius 2 is 1.93 bits per heavy atom. The van der Waals surface area contributed by atoms with E-state index in [-0.39, 0.29) is 5.92 Å². The van der Waals surface area contributed by atoms with Crippen LogP contribution >= 0.6 is 0 Å². The Labute approximate surface area is 172 Å². The minimum Gasteiger partial charge on any atom is -0.497 e. The first-order valence-electron chi connectivity index (χ1n) is 10.3. The Kier molecular flexibility index (Phi) is 5.76. The number of piperazine rings is 1. The van der Waals surface area contributed by atoms with Gasteiger partial charge in [0, 0.05) is 69.1 Å². The second kappa shape index (κ2) is 8.45. The molecule has 0 radical (unpaired) electrons. The largest absolute Gasteiger partial charge is 0.497 e. The summed E-state index contributed by atoms with van der Waals surface area (Å²) in [4.78, 5) is 21.9. The summed E-state index contributed by atoms with van der Waals surface area (Å²) in [5.41, 5.74) is 2.30. The highest BCUT2D eigenvalue weighted by molar-refractivity contribution is 5.79. The van der Waals surface area contributed by atoms with Gasteiger partial charge in [0.1, 0.15) is 17.3 Å². The number of aromatic nitrogens is 2. The number of imidazole rings is 1. The number of fused-ring (bicyclic) bond motifs is 1. The van der Waals surface area contributed by atoms with Gasteiger partial charge < -0.3 is 18.9 Å². The van der Waals surface area contributed by atoms with E-state index in [9.17, 15) is 4.79 Å². The molecule has 29 heavy (non-hydrogen) atoms. The summed E-state index contributed by atoms with van der Waals surface area (Å²) in [5.74, 6) is 3.14. The van der Waals surface area contributed by atoms with Crippen LogP contribution in [0.15, 0.2) is 24.4 Å². The average molecular weight is 399 g/mol. The Balaban J connectivity index is 1.33. The van der Waals surface area contributed by atoms with Gasteiger partial charge in [-0.15, -0.1) is 0 Å². The molecule has 2 aliphatic rings. The lowest BCUT2D eigenvalue weighted by molar-refractivity contribution is -0.138. The van der Waals surface area contributed by atoms with Crippen molar-refractivity contribution in [2.45, 2.75) is 32.9 Å². The third-order valence-corrected chi connectivity index (χ3v) is 6.21. The fraction of sp³-hybridized carbons (Fsp3) is 0.545. The number of nitrogens with zero attached hydrogens (tertiary/aromatic N) is 4. The zero-order chi connectivity index (χ0) is 20.4. The third-order valence-electron chi connectivity index (χ3n) is 6.21. The molecule has 7 heteroatoms. The number of aryl methyl sites for hydroxylation is 1. The van der Waals surface area contributed by atoms with Gasteiger partial charge in [-0.1, -0.05) is 0 Å². The van der Waals surface area contributed by atoms with E-state index in [1.807, 2.05) is 36.2 Å². The molecule has 0 aliphatic carbocycles. The first-order valence-corrected chi connectivity index (χ1v) is 10.3. The highest BCUT2D eigenvalue weighted by atomic mass is 16.5. The Bertz CT molecular complexity index is 871. The van der Waals surface area contributed by atoms with Crippen LogP contribution in [-0.4, -0.2) is 65.7 Å². The molecule has 1 unspecified atom stereocenters. The molecule has 4 rings (SSSR count). The van der Waals surface area contributed by atoms with Gasteiger partial charge >= 0.3 is 0 Å². The molecule has 0 saturated carbocycles. The second-order valence-corrected chi connectivity index (χ2v) is 7.92. The summed E-state index contributed by atoms with van der Waals surface area (Å²) in [6, 6.07) is 5.89. The lowest BCUT2D eigenvalue weighted by Gasteiger charge is -2.37. The lowest BCUT2D eigenvalue weighted by Crippen LogP contribution is -2.50. The monoisotopic (exact) mass is 398 g/mol. The van der Waals surface area contributed by atoms with E-state index < -0.39 is 0 Å². The van der Waals surface area contributed by atoms with Crippen LogP contribution in [0.2, 0.25) is 0 Å². The summed E-state index contributed by atoms with van der Waals surface area (Å²) >= 11 is 0. The zero-order valence-corrected chi connectivity index (χ0v) is 17.6. The predicted molar refractivity (Wildman–Crippen MR) is 110 cm³/mol. The van der Waals surface area contributed by atoms with Crippen molar-refractivity contribution in [2.24, 2.45) is 5.92 Å². The fourth-order valence-corrected chi connectivity index (χ4v) is 4.46. The Morgan fingerprint density at radius 3 is 2.66 bits per heavy atom. The fourth-order valence-electron chi connectivity index (χ4n) is 4.46. The van der Waals surface area contributed by atoms with Crippen LogP contribution in [0.4, 0.5) is 0 Å². The highest BCUT2D eigenvalue weighted by Gasteiger charge is 2.31. The van der Waals surface area contributed by atoms with Gasteiger partial charge in [-0.2, -0.15) is 0 Å². The van der Waals surface area contributed by atoms with Gasteiger partial charge in [-0.3, -0.25) is 9.69 Å². The molecule has 7 nitrogen and oxygen atoms in total. The van der Waals surface area contributed by atoms with Crippen molar-refractivity contribution in [2.75, 3.05) is 40.4 Å². The number of carbonyl (C=O) groups excluding carboxylic acids is 1. The highest BCUT2D eigenvalue weighted by Crippen LogP contribution is 2.27. The first-order chi connectivity index (χ1) is 14.1. The summed E-state index contributed by atoms with van der Waals surface area (Å²) in [6.45, 7) is 7.02. The average Bonchev–Trinajstić information content (AvgIpc) is 3.14. The minimum absolute atomic E-state index is 0.0867. The van der Waals surface area contributed by atoms with Crippen LogP contribution in [0.1, 0.15) is 23.5 Å². The van der Waals surface area contributed by atoms with Crippen molar-refractivity contribution in [1.29, 1.82) is 0 Å². The second-order valence-electron chi connectivity index (χ2n) is 7.92.